The molecule has 0 heterocycles. The molecule has 0 aliphatic rings. The average Bonchev–Trinajstić information content (AvgIpc) is 2.48. The van der Waals surface area contributed by atoms with Gasteiger partial charge in [-0.25, -0.2) is 5.43 Å². The van der Waals surface area contributed by atoms with Crippen LogP contribution in [-0.4, -0.2) is 41.4 Å². The molecular formula is C14H23N3O4. The van der Waals surface area contributed by atoms with Crippen LogP contribution >= 0.6 is 0 Å². The molecule has 0 aliphatic heterocycles. The molecule has 7 heteroatoms. The number of hydrazine groups is 1. The second-order valence-corrected chi connectivity index (χ2v) is 4.69. The Morgan fingerprint density at radius 2 is 2.10 bits per heavy atom. The summed E-state index contributed by atoms with van der Waals surface area (Å²) in [6.07, 6.45) is 1.80. The SMILES string of the molecule is CCCNN(CCCO)c1ccc(CCO)cc1[N+](=O)[O-]. The lowest BCUT2D eigenvalue weighted by atomic mass is 10.1. The van der Waals surface area contributed by atoms with E-state index in [2.05, 4.69) is 5.43 Å². The number of nitro benzene ring substituents is 1. The van der Waals surface area contributed by atoms with Crippen LogP contribution in [0.15, 0.2) is 18.2 Å². The van der Waals surface area contributed by atoms with Gasteiger partial charge in [0, 0.05) is 32.4 Å². The van der Waals surface area contributed by atoms with Crippen molar-refractivity contribution in [1.29, 1.82) is 0 Å². The summed E-state index contributed by atoms with van der Waals surface area (Å²) in [7, 11) is 0. The summed E-state index contributed by atoms with van der Waals surface area (Å²) in [5, 5.41) is 30.9. The molecule has 0 spiro atoms. The second kappa shape index (κ2) is 9.28. The minimum Gasteiger partial charge on any atom is -0.396 e. The van der Waals surface area contributed by atoms with Gasteiger partial charge in [-0.05, 0) is 30.9 Å². The third-order valence-corrected chi connectivity index (χ3v) is 3.02. The van der Waals surface area contributed by atoms with Crippen molar-refractivity contribution in [3.8, 4) is 0 Å². The van der Waals surface area contributed by atoms with Crippen molar-refractivity contribution < 1.29 is 15.1 Å². The number of benzene rings is 1. The lowest BCUT2D eigenvalue weighted by Crippen LogP contribution is -2.40. The number of anilines is 1. The highest BCUT2D eigenvalue weighted by molar-refractivity contribution is 5.63. The number of aliphatic hydroxyl groups is 2. The Morgan fingerprint density at radius 3 is 2.67 bits per heavy atom. The first-order chi connectivity index (χ1) is 10.1. The predicted molar refractivity (Wildman–Crippen MR) is 81.2 cm³/mol. The number of hydrogen-bond donors (Lipinski definition) is 3. The van der Waals surface area contributed by atoms with Gasteiger partial charge in [0.2, 0.25) is 0 Å². The molecule has 0 amide bonds. The smallest absolute Gasteiger partial charge is 0.294 e. The normalized spacial score (nSPS) is 10.6. The molecule has 0 fully saturated rings. The van der Waals surface area contributed by atoms with Crippen LogP contribution in [0.25, 0.3) is 0 Å². The van der Waals surface area contributed by atoms with Gasteiger partial charge in [0.1, 0.15) is 5.69 Å². The molecule has 0 bridgehead atoms. The largest absolute Gasteiger partial charge is 0.396 e. The zero-order valence-electron chi connectivity index (χ0n) is 12.3. The van der Waals surface area contributed by atoms with Crippen LogP contribution in [0, 0.1) is 10.1 Å². The average molecular weight is 297 g/mol. The van der Waals surface area contributed by atoms with E-state index in [4.69, 9.17) is 10.2 Å². The van der Waals surface area contributed by atoms with Crippen LogP contribution < -0.4 is 10.4 Å². The molecule has 7 nitrogen and oxygen atoms in total. The van der Waals surface area contributed by atoms with Crippen LogP contribution in [0.2, 0.25) is 0 Å². The molecule has 3 N–H and O–H groups in total. The fourth-order valence-electron chi connectivity index (χ4n) is 1.99. The maximum Gasteiger partial charge on any atom is 0.294 e. The molecule has 0 saturated heterocycles. The van der Waals surface area contributed by atoms with E-state index in [1.807, 2.05) is 6.92 Å². The number of nitrogens with zero attached hydrogens (tertiary/aromatic N) is 2. The van der Waals surface area contributed by atoms with Crippen LogP contribution in [0.3, 0.4) is 0 Å². The summed E-state index contributed by atoms with van der Waals surface area (Å²) in [6, 6.07) is 4.95. The van der Waals surface area contributed by atoms with E-state index < -0.39 is 4.92 Å². The number of rotatable bonds is 10. The Kier molecular flexibility index (Phi) is 7.66. The molecule has 21 heavy (non-hydrogen) atoms. The predicted octanol–water partition coefficient (Wildman–Crippen LogP) is 1.23. The van der Waals surface area contributed by atoms with E-state index in [0.29, 0.717) is 31.6 Å². The standard InChI is InChI=1S/C14H23N3O4/c1-2-7-15-16(8-3-9-18)13-5-4-12(6-10-19)11-14(13)17(20)21/h4-5,11,15,18-19H,2-3,6-10H2,1H3. The maximum atomic E-state index is 11.3. The molecule has 0 aromatic heterocycles. The summed E-state index contributed by atoms with van der Waals surface area (Å²) < 4.78 is 0. The van der Waals surface area contributed by atoms with Crippen molar-refractivity contribution in [3.63, 3.8) is 0 Å². The molecular weight excluding hydrogens is 274 g/mol. The third-order valence-electron chi connectivity index (χ3n) is 3.02. The van der Waals surface area contributed by atoms with Gasteiger partial charge in [-0.3, -0.25) is 10.1 Å². The maximum absolute atomic E-state index is 11.3. The van der Waals surface area contributed by atoms with E-state index >= 15 is 0 Å². The molecule has 0 radical (unpaired) electrons. The molecule has 0 aliphatic carbocycles. The molecule has 0 atom stereocenters. The first-order valence-corrected chi connectivity index (χ1v) is 7.14. The molecule has 1 rings (SSSR count). The highest BCUT2D eigenvalue weighted by Gasteiger charge is 2.19. The molecule has 0 saturated carbocycles. The van der Waals surface area contributed by atoms with Crippen molar-refractivity contribution in [2.45, 2.75) is 26.2 Å². The van der Waals surface area contributed by atoms with Crippen molar-refractivity contribution in [3.05, 3.63) is 33.9 Å². The Bertz CT molecular complexity index is 446. The number of aliphatic hydroxyl groups excluding tert-OH is 2. The van der Waals surface area contributed by atoms with E-state index in [1.165, 1.54) is 6.07 Å². The first kappa shape index (κ1) is 17.4. The minimum absolute atomic E-state index is 0.00231. The van der Waals surface area contributed by atoms with Crippen molar-refractivity contribution in [2.24, 2.45) is 0 Å². The molecule has 0 unspecified atom stereocenters. The van der Waals surface area contributed by atoms with Crippen molar-refractivity contribution >= 4 is 11.4 Å². The molecule has 1 aromatic carbocycles. The van der Waals surface area contributed by atoms with Gasteiger partial charge in [-0.15, -0.1) is 0 Å². The van der Waals surface area contributed by atoms with E-state index in [1.54, 1.807) is 17.1 Å². The van der Waals surface area contributed by atoms with Crippen LogP contribution in [0.1, 0.15) is 25.3 Å². The van der Waals surface area contributed by atoms with Gasteiger partial charge in [0.25, 0.3) is 5.69 Å². The van der Waals surface area contributed by atoms with Gasteiger partial charge in [-0.2, -0.15) is 0 Å². The summed E-state index contributed by atoms with van der Waals surface area (Å²) >= 11 is 0. The number of nitro groups is 1. The summed E-state index contributed by atoms with van der Waals surface area (Å²) in [4.78, 5) is 10.8. The Morgan fingerprint density at radius 1 is 1.33 bits per heavy atom. The monoisotopic (exact) mass is 297 g/mol. The quantitative estimate of drug-likeness (QED) is 0.444. The lowest BCUT2D eigenvalue weighted by molar-refractivity contribution is -0.384. The number of nitrogens with one attached hydrogen (secondary N) is 1. The lowest BCUT2D eigenvalue weighted by Gasteiger charge is -2.25. The zero-order valence-corrected chi connectivity index (χ0v) is 12.3. The van der Waals surface area contributed by atoms with Gasteiger partial charge >= 0.3 is 0 Å². The van der Waals surface area contributed by atoms with Gasteiger partial charge in [0.05, 0.1) is 4.92 Å². The number of hydrogen-bond acceptors (Lipinski definition) is 6. The Labute approximate surface area is 124 Å². The molecule has 1 aromatic rings. The third kappa shape index (κ3) is 5.30. The summed E-state index contributed by atoms with van der Waals surface area (Å²) in [6.45, 7) is 3.17. The van der Waals surface area contributed by atoms with E-state index in [0.717, 1.165) is 12.0 Å². The first-order valence-electron chi connectivity index (χ1n) is 7.14. The highest BCUT2D eigenvalue weighted by Crippen LogP contribution is 2.28. The van der Waals surface area contributed by atoms with E-state index in [9.17, 15) is 10.1 Å². The van der Waals surface area contributed by atoms with Crippen LogP contribution in [0.5, 0.6) is 0 Å². The fraction of sp³-hybridized carbons (Fsp3) is 0.571. The van der Waals surface area contributed by atoms with Crippen LogP contribution in [0.4, 0.5) is 11.4 Å². The summed E-state index contributed by atoms with van der Waals surface area (Å²) in [5.41, 5.74) is 4.34. The Hall–Kier alpha value is -1.70. The topological polar surface area (TPSA) is 98.9 Å². The fourth-order valence-corrected chi connectivity index (χ4v) is 1.99. The van der Waals surface area contributed by atoms with E-state index in [-0.39, 0.29) is 18.9 Å². The van der Waals surface area contributed by atoms with Crippen molar-refractivity contribution in [1.82, 2.24) is 5.43 Å². The van der Waals surface area contributed by atoms with Crippen molar-refractivity contribution in [2.75, 3.05) is 31.3 Å². The molecule has 118 valence electrons. The Balaban J connectivity index is 3.06. The van der Waals surface area contributed by atoms with Gasteiger partial charge in [-0.1, -0.05) is 13.0 Å². The van der Waals surface area contributed by atoms with Gasteiger partial charge in [0.15, 0.2) is 0 Å². The summed E-state index contributed by atoms with van der Waals surface area (Å²) in [5.74, 6) is 0. The minimum atomic E-state index is -0.421. The second-order valence-electron chi connectivity index (χ2n) is 4.69. The zero-order chi connectivity index (χ0) is 15.7. The van der Waals surface area contributed by atoms with Crippen LogP contribution in [-0.2, 0) is 6.42 Å². The van der Waals surface area contributed by atoms with Gasteiger partial charge < -0.3 is 15.2 Å². The highest BCUT2D eigenvalue weighted by atomic mass is 16.6.